The van der Waals surface area contributed by atoms with Gasteiger partial charge in [0.05, 0.1) is 13.2 Å². The average molecular weight is 211 g/mol. The van der Waals surface area contributed by atoms with Crippen molar-refractivity contribution in [1.29, 1.82) is 0 Å². The second-order valence-corrected chi connectivity index (χ2v) is 5.58. The van der Waals surface area contributed by atoms with E-state index in [-0.39, 0.29) is 0 Å². The molecular weight excluding hydrogens is 186 g/mol. The van der Waals surface area contributed by atoms with Crippen LogP contribution in [0.25, 0.3) is 0 Å². The Labute approximate surface area is 94.1 Å². The molecule has 0 N–H and O–H groups in total. The van der Waals surface area contributed by atoms with Crippen molar-refractivity contribution in [1.82, 2.24) is 0 Å². The van der Waals surface area contributed by atoms with Gasteiger partial charge in [0.15, 0.2) is 0 Å². The van der Waals surface area contributed by atoms with Crippen LogP contribution in [0.4, 0.5) is 0 Å². The molecule has 1 aliphatic carbocycles. The summed E-state index contributed by atoms with van der Waals surface area (Å²) < 4.78 is 5.00. The van der Waals surface area contributed by atoms with Crippen LogP contribution >= 0.6 is 0 Å². The summed E-state index contributed by atoms with van der Waals surface area (Å²) in [4.78, 5) is 4.58. The predicted octanol–water partition coefficient (Wildman–Crippen LogP) is 3.31. The number of rotatable bonds is 3. The highest BCUT2D eigenvalue weighted by molar-refractivity contribution is 5.85. The molecule has 0 bridgehead atoms. The van der Waals surface area contributed by atoms with Crippen LogP contribution in [0.5, 0.6) is 0 Å². The number of hydrogen-bond donors (Lipinski definition) is 0. The van der Waals surface area contributed by atoms with Gasteiger partial charge in [-0.2, -0.15) is 0 Å². The Morgan fingerprint density at radius 1 is 1.27 bits per heavy atom. The number of nitrogens with zero attached hydrogens (tertiary/aromatic N) is 1. The van der Waals surface area contributed by atoms with Crippen LogP contribution in [0.3, 0.4) is 0 Å². The van der Waals surface area contributed by atoms with Gasteiger partial charge in [-0.15, -0.1) is 0 Å². The number of hydrogen-bond acceptors (Lipinski definition) is 2. The maximum atomic E-state index is 5.00. The van der Waals surface area contributed by atoms with Crippen molar-refractivity contribution in [3.05, 3.63) is 0 Å². The second-order valence-electron chi connectivity index (χ2n) is 5.58. The lowest BCUT2D eigenvalue weighted by molar-refractivity contribution is 0.204. The molecule has 0 unspecified atom stereocenters. The van der Waals surface area contributed by atoms with E-state index in [0.29, 0.717) is 5.41 Å². The Hall–Kier alpha value is -0.370. The van der Waals surface area contributed by atoms with Gasteiger partial charge in [-0.3, -0.25) is 4.99 Å². The summed E-state index contributed by atoms with van der Waals surface area (Å²) in [5.74, 6) is 0.874. The van der Waals surface area contributed by atoms with Gasteiger partial charge < -0.3 is 4.74 Å². The highest BCUT2D eigenvalue weighted by atomic mass is 16.5. The number of aliphatic imine (C=N–C) groups is 1. The molecule has 2 nitrogen and oxygen atoms in total. The number of methoxy groups -OCH3 is 1. The molecule has 0 heterocycles. The summed E-state index contributed by atoms with van der Waals surface area (Å²) in [6.07, 6.45) is 5.03. The summed E-state index contributed by atoms with van der Waals surface area (Å²) in [5.41, 5.74) is 1.88. The summed E-state index contributed by atoms with van der Waals surface area (Å²) in [6.45, 7) is 8.65. The van der Waals surface area contributed by atoms with Gasteiger partial charge in [0.25, 0.3) is 0 Å². The van der Waals surface area contributed by atoms with Crippen LogP contribution in [0.15, 0.2) is 4.99 Å². The molecule has 2 heteroatoms. The summed E-state index contributed by atoms with van der Waals surface area (Å²) in [7, 11) is 1.73. The highest BCUT2D eigenvalue weighted by Crippen LogP contribution is 2.36. The first kappa shape index (κ1) is 12.7. The number of ether oxygens (including phenoxy) is 1. The van der Waals surface area contributed by atoms with Crippen molar-refractivity contribution in [3.8, 4) is 0 Å². The maximum absolute atomic E-state index is 5.00. The topological polar surface area (TPSA) is 21.6 Å². The van der Waals surface area contributed by atoms with Gasteiger partial charge in [0.1, 0.15) is 0 Å². The minimum Gasteiger partial charge on any atom is -0.383 e. The normalized spacial score (nSPS) is 22.9. The summed E-state index contributed by atoms with van der Waals surface area (Å²) >= 11 is 0. The first-order chi connectivity index (χ1) is 7.04. The van der Waals surface area contributed by atoms with Crippen LogP contribution in [0.2, 0.25) is 0 Å². The average Bonchev–Trinajstić information content (AvgIpc) is 2.18. The molecule has 0 aromatic heterocycles. The third-order valence-corrected chi connectivity index (χ3v) is 3.42. The van der Waals surface area contributed by atoms with E-state index in [1.165, 1.54) is 31.4 Å². The van der Waals surface area contributed by atoms with Crippen molar-refractivity contribution in [2.75, 3.05) is 20.3 Å². The van der Waals surface area contributed by atoms with Crippen LogP contribution in [0, 0.1) is 11.3 Å². The summed E-state index contributed by atoms with van der Waals surface area (Å²) in [5, 5.41) is 0. The molecule has 0 amide bonds. The smallest absolute Gasteiger partial charge is 0.0658 e. The standard InChI is InChI=1S/C13H25NO/c1-13(2,3)11-5-7-12(8-6-11)14-9-10-15-4/h11H,5-10H2,1-4H3. The van der Waals surface area contributed by atoms with E-state index in [2.05, 4.69) is 25.8 Å². The molecule has 0 aromatic rings. The fraction of sp³-hybridized carbons (Fsp3) is 0.923. The zero-order valence-electron chi connectivity index (χ0n) is 10.7. The lowest BCUT2D eigenvalue weighted by Gasteiger charge is -2.34. The molecule has 88 valence electrons. The predicted molar refractivity (Wildman–Crippen MR) is 65.6 cm³/mol. The lowest BCUT2D eigenvalue weighted by Crippen LogP contribution is -2.26. The zero-order valence-corrected chi connectivity index (χ0v) is 10.7. The Morgan fingerprint density at radius 2 is 1.87 bits per heavy atom. The molecule has 0 aromatic carbocycles. The molecule has 0 radical (unpaired) electrons. The van der Waals surface area contributed by atoms with Crippen LogP contribution in [0.1, 0.15) is 46.5 Å². The minimum atomic E-state index is 0.470. The monoisotopic (exact) mass is 211 g/mol. The van der Waals surface area contributed by atoms with E-state index in [1.807, 2.05) is 0 Å². The second kappa shape index (κ2) is 5.64. The summed E-state index contributed by atoms with van der Waals surface area (Å²) in [6, 6.07) is 0. The van der Waals surface area contributed by atoms with E-state index in [1.54, 1.807) is 7.11 Å². The fourth-order valence-electron chi connectivity index (χ4n) is 2.27. The maximum Gasteiger partial charge on any atom is 0.0658 e. The molecule has 1 aliphatic rings. The van der Waals surface area contributed by atoms with Gasteiger partial charge in [-0.25, -0.2) is 0 Å². The fourth-order valence-corrected chi connectivity index (χ4v) is 2.27. The minimum absolute atomic E-state index is 0.470. The van der Waals surface area contributed by atoms with Gasteiger partial charge in [-0.1, -0.05) is 20.8 Å². The quantitative estimate of drug-likeness (QED) is 0.656. The third-order valence-electron chi connectivity index (χ3n) is 3.42. The van der Waals surface area contributed by atoms with Crippen LogP contribution < -0.4 is 0 Å². The van der Waals surface area contributed by atoms with E-state index in [9.17, 15) is 0 Å². The Bertz CT molecular complexity index is 205. The van der Waals surface area contributed by atoms with E-state index in [4.69, 9.17) is 4.74 Å². The molecular formula is C13H25NO. The highest BCUT2D eigenvalue weighted by Gasteiger charge is 2.27. The Morgan fingerprint density at radius 3 is 2.33 bits per heavy atom. The lowest BCUT2D eigenvalue weighted by atomic mass is 9.72. The molecule has 1 rings (SSSR count). The van der Waals surface area contributed by atoms with Gasteiger partial charge in [0, 0.05) is 12.8 Å². The molecule has 0 aliphatic heterocycles. The SMILES string of the molecule is COCCN=C1CCC(C(C)(C)C)CC1. The van der Waals surface area contributed by atoms with Crippen molar-refractivity contribution < 1.29 is 4.74 Å². The van der Waals surface area contributed by atoms with Crippen LogP contribution in [-0.2, 0) is 4.74 Å². The van der Waals surface area contributed by atoms with Crippen LogP contribution in [-0.4, -0.2) is 26.0 Å². The van der Waals surface area contributed by atoms with Crippen molar-refractivity contribution in [2.24, 2.45) is 16.3 Å². The van der Waals surface area contributed by atoms with Gasteiger partial charge >= 0.3 is 0 Å². The van der Waals surface area contributed by atoms with Gasteiger partial charge in [0.2, 0.25) is 0 Å². The molecule has 1 saturated carbocycles. The molecule has 0 saturated heterocycles. The first-order valence-corrected chi connectivity index (χ1v) is 6.05. The van der Waals surface area contributed by atoms with E-state index in [0.717, 1.165) is 19.1 Å². The molecule has 0 spiro atoms. The Balaban J connectivity index is 2.32. The van der Waals surface area contributed by atoms with E-state index >= 15 is 0 Å². The van der Waals surface area contributed by atoms with E-state index < -0.39 is 0 Å². The first-order valence-electron chi connectivity index (χ1n) is 6.05. The zero-order chi connectivity index (χ0) is 11.3. The van der Waals surface area contributed by atoms with Gasteiger partial charge in [-0.05, 0) is 37.0 Å². The molecule has 15 heavy (non-hydrogen) atoms. The molecule has 0 atom stereocenters. The largest absolute Gasteiger partial charge is 0.383 e. The third kappa shape index (κ3) is 4.33. The Kier molecular flexibility index (Phi) is 4.78. The van der Waals surface area contributed by atoms with Crippen molar-refractivity contribution in [3.63, 3.8) is 0 Å². The molecule has 1 fully saturated rings. The van der Waals surface area contributed by atoms with Crippen molar-refractivity contribution in [2.45, 2.75) is 46.5 Å². The van der Waals surface area contributed by atoms with Crippen molar-refractivity contribution >= 4 is 5.71 Å².